The van der Waals surface area contributed by atoms with Gasteiger partial charge in [0, 0.05) is 11.6 Å². The molecule has 0 fully saturated rings. The number of nitrogens with zero attached hydrogens (tertiary/aromatic N) is 1. The molecule has 0 N–H and O–H groups in total. The van der Waals surface area contributed by atoms with Gasteiger partial charge in [0.15, 0.2) is 0 Å². The predicted molar refractivity (Wildman–Crippen MR) is 92.6 cm³/mol. The molecule has 0 aromatic heterocycles. The highest BCUT2D eigenvalue weighted by molar-refractivity contribution is 7.92. The molecule has 0 amide bonds. The minimum absolute atomic E-state index is 0.184. The molecule has 0 aliphatic carbocycles. The normalized spacial score (nSPS) is 11.7. The molecule has 0 atom stereocenters. The first-order valence-electron chi connectivity index (χ1n) is 7.55. The van der Waals surface area contributed by atoms with Gasteiger partial charge in [-0.1, -0.05) is 30.3 Å². The van der Waals surface area contributed by atoms with Crippen LogP contribution in [0.3, 0.4) is 0 Å². The van der Waals surface area contributed by atoms with Gasteiger partial charge in [-0.15, -0.1) is 0 Å². The van der Waals surface area contributed by atoms with E-state index in [0.29, 0.717) is 5.69 Å². The summed E-state index contributed by atoms with van der Waals surface area (Å²) in [6, 6.07) is 11.4. The van der Waals surface area contributed by atoms with Gasteiger partial charge < -0.3 is 0 Å². The van der Waals surface area contributed by atoms with Crippen LogP contribution in [0.25, 0.3) is 0 Å². The lowest BCUT2D eigenvalue weighted by Gasteiger charge is -2.30. The number of aryl methyl sites for hydroxylation is 2. The van der Waals surface area contributed by atoms with Crippen molar-refractivity contribution < 1.29 is 12.8 Å². The third kappa shape index (κ3) is 3.91. The van der Waals surface area contributed by atoms with E-state index in [-0.39, 0.29) is 17.4 Å². The summed E-state index contributed by atoms with van der Waals surface area (Å²) < 4.78 is 41.1. The van der Waals surface area contributed by atoms with Gasteiger partial charge in [0.1, 0.15) is 5.82 Å². The Morgan fingerprint density at radius 3 is 2.35 bits per heavy atom. The lowest BCUT2D eigenvalue weighted by atomic mass is 10.1. The first-order valence-corrected chi connectivity index (χ1v) is 9.16. The van der Waals surface area contributed by atoms with Crippen molar-refractivity contribution in [1.82, 2.24) is 0 Å². The molecule has 0 saturated carbocycles. The van der Waals surface area contributed by atoms with Crippen molar-refractivity contribution >= 4 is 15.7 Å². The molecule has 0 bridgehead atoms. The second kappa shape index (κ2) is 6.71. The van der Waals surface area contributed by atoms with Crippen LogP contribution in [0.1, 0.15) is 30.5 Å². The van der Waals surface area contributed by atoms with Gasteiger partial charge in [0.05, 0.1) is 11.4 Å². The lowest BCUT2D eigenvalue weighted by molar-refractivity contribution is 0.577. The molecule has 0 spiro atoms. The van der Waals surface area contributed by atoms with Crippen LogP contribution in [0.4, 0.5) is 10.1 Å². The second-order valence-electron chi connectivity index (χ2n) is 6.03. The molecule has 0 unspecified atom stereocenters. The highest BCUT2D eigenvalue weighted by atomic mass is 32.2. The Balaban J connectivity index is 2.48. The predicted octanol–water partition coefficient (Wildman–Crippen LogP) is 4.19. The highest BCUT2D eigenvalue weighted by Crippen LogP contribution is 2.28. The van der Waals surface area contributed by atoms with Crippen LogP contribution in [0.2, 0.25) is 0 Å². The average molecular weight is 335 g/mol. The summed E-state index contributed by atoms with van der Waals surface area (Å²) in [7, 11) is -3.70. The second-order valence-corrected chi connectivity index (χ2v) is 7.87. The van der Waals surface area contributed by atoms with Crippen molar-refractivity contribution in [3.05, 3.63) is 65.0 Å². The van der Waals surface area contributed by atoms with Crippen molar-refractivity contribution in [2.24, 2.45) is 0 Å². The van der Waals surface area contributed by atoms with E-state index in [0.717, 1.165) is 11.1 Å². The zero-order valence-electron chi connectivity index (χ0n) is 13.9. The molecule has 0 aliphatic heterocycles. The highest BCUT2D eigenvalue weighted by Gasteiger charge is 2.27. The van der Waals surface area contributed by atoms with Crippen molar-refractivity contribution in [2.45, 2.75) is 39.5 Å². The van der Waals surface area contributed by atoms with E-state index in [4.69, 9.17) is 0 Å². The molecule has 0 saturated heterocycles. The zero-order valence-corrected chi connectivity index (χ0v) is 14.7. The summed E-state index contributed by atoms with van der Waals surface area (Å²) >= 11 is 0. The number of hydrogen-bond acceptors (Lipinski definition) is 2. The van der Waals surface area contributed by atoms with Crippen LogP contribution in [0, 0.1) is 19.7 Å². The van der Waals surface area contributed by atoms with E-state index < -0.39 is 15.8 Å². The standard InChI is InChI=1S/C18H22FNO2S/c1-13(2)20(18-11-14(3)9-10-15(18)4)23(21,22)12-16-7-5-6-8-17(16)19/h5-11,13H,12H2,1-4H3. The van der Waals surface area contributed by atoms with Crippen molar-refractivity contribution in [3.63, 3.8) is 0 Å². The Morgan fingerprint density at radius 2 is 1.74 bits per heavy atom. The molecular formula is C18H22FNO2S. The van der Waals surface area contributed by atoms with Crippen LogP contribution in [0.5, 0.6) is 0 Å². The van der Waals surface area contributed by atoms with E-state index in [1.807, 2.05) is 45.9 Å². The number of rotatable bonds is 5. The minimum Gasteiger partial charge on any atom is -0.267 e. The SMILES string of the molecule is Cc1ccc(C)c(N(C(C)C)S(=O)(=O)Cc2ccccc2F)c1. The van der Waals surface area contributed by atoms with Crippen LogP contribution in [-0.2, 0) is 15.8 Å². The summed E-state index contributed by atoms with van der Waals surface area (Å²) in [5.41, 5.74) is 2.69. The molecule has 23 heavy (non-hydrogen) atoms. The van der Waals surface area contributed by atoms with Gasteiger partial charge in [0.2, 0.25) is 10.0 Å². The largest absolute Gasteiger partial charge is 0.267 e. The molecule has 0 heterocycles. The molecule has 124 valence electrons. The van der Waals surface area contributed by atoms with Gasteiger partial charge in [-0.05, 0) is 51.0 Å². The summed E-state index contributed by atoms with van der Waals surface area (Å²) in [5, 5.41) is 0. The molecule has 5 heteroatoms. The van der Waals surface area contributed by atoms with Crippen molar-refractivity contribution in [3.8, 4) is 0 Å². The van der Waals surface area contributed by atoms with E-state index >= 15 is 0 Å². The third-order valence-electron chi connectivity index (χ3n) is 3.67. The quantitative estimate of drug-likeness (QED) is 0.822. The number of benzene rings is 2. The van der Waals surface area contributed by atoms with Gasteiger partial charge in [-0.3, -0.25) is 4.31 Å². The summed E-state index contributed by atoms with van der Waals surface area (Å²) in [6.45, 7) is 7.44. The fourth-order valence-corrected chi connectivity index (χ4v) is 4.49. The molecule has 2 aromatic carbocycles. The number of anilines is 1. The van der Waals surface area contributed by atoms with Crippen LogP contribution >= 0.6 is 0 Å². The van der Waals surface area contributed by atoms with Crippen LogP contribution < -0.4 is 4.31 Å². The fourth-order valence-electron chi connectivity index (χ4n) is 2.59. The van der Waals surface area contributed by atoms with E-state index in [2.05, 4.69) is 0 Å². The first kappa shape index (κ1) is 17.5. The topological polar surface area (TPSA) is 37.4 Å². The van der Waals surface area contributed by atoms with Crippen molar-refractivity contribution in [1.29, 1.82) is 0 Å². The Kier molecular flexibility index (Phi) is 5.09. The first-order chi connectivity index (χ1) is 10.7. The minimum atomic E-state index is -3.70. The van der Waals surface area contributed by atoms with E-state index in [9.17, 15) is 12.8 Å². The Hall–Kier alpha value is -1.88. The Labute approximate surface area is 137 Å². The molecule has 0 aliphatic rings. The number of hydrogen-bond donors (Lipinski definition) is 0. The monoisotopic (exact) mass is 335 g/mol. The molecule has 3 nitrogen and oxygen atoms in total. The smallest absolute Gasteiger partial charge is 0.239 e. The van der Waals surface area contributed by atoms with Crippen LogP contribution in [0.15, 0.2) is 42.5 Å². The maximum Gasteiger partial charge on any atom is 0.239 e. The summed E-state index contributed by atoms with van der Waals surface area (Å²) in [4.78, 5) is 0. The lowest BCUT2D eigenvalue weighted by Crippen LogP contribution is -2.38. The summed E-state index contributed by atoms with van der Waals surface area (Å²) in [5.74, 6) is -0.855. The van der Waals surface area contributed by atoms with Crippen molar-refractivity contribution in [2.75, 3.05) is 4.31 Å². The Bertz CT molecular complexity index is 800. The van der Waals surface area contributed by atoms with Gasteiger partial charge in [-0.25, -0.2) is 12.8 Å². The third-order valence-corrected chi connectivity index (χ3v) is 5.56. The molecule has 0 radical (unpaired) electrons. The van der Waals surface area contributed by atoms with E-state index in [1.54, 1.807) is 12.1 Å². The number of sulfonamides is 1. The van der Waals surface area contributed by atoms with Gasteiger partial charge >= 0.3 is 0 Å². The number of halogens is 1. The Morgan fingerprint density at radius 1 is 1.09 bits per heavy atom. The maximum atomic E-state index is 13.8. The zero-order chi connectivity index (χ0) is 17.2. The maximum absolute atomic E-state index is 13.8. The van der Waals surface area contributed by atoms with E-state index in [1.165, 1.54) is 16.4 Å². The molecular weight excluding hydrogens is 313 g/mol. The van der Waals surface area contributed by atoms with Gasteiger partial charge in [-0.2, -0.15) is 0 Å². The van der Waals surface area contributed by atoms with Crippen LogP contribution in [-0.4, -0.2) is 14.5 Å². The average Bonchev–Trinajstić information content (AvgIpc) is 2.44. The molecule has 2 rings (SSSR count). The van der Waals surface area contributed by atoms with Gasteiger partial charge in [0.25, 0.3) is 0 Å². The molecule has 2 aromatic rings. The fraction of sp³-hybridized carbons (Fsp3) is 0.333. The summed E-state index contributed by atoms with van der Waals surface area (Å²) in [6.07, 6.45) is 0.